The molecule has 1 saturated heterocycles. The summed E-state index contributed by atoms with van der Waals surface area (Å²) in [7, 11) is 0. The number of halogens is 1. The highest BCUT2D eigenvalue weighted by Crippen LogP contribution is 2.33. The molecule has 5 nitrogen and oxygen atoms in total. The number of hydrogen-bond acceptors (Lipinski definition) is 3. The molecule has 1 fully saturated rings. The number of aliphatic hydroxyl groups is 1. The molecule has 0 bridgehead atoms. The Bertz CT molecular complexity index is 597. The van der Waals surface area contributed by atoms with E-state index < -0.39 is 6.10 Å². The molecule has 0 aliphatic carbocycles. The maximum Gasteiger partial charge on any atom is 0.257 e. The van der Waals surface area contributed by atoms with Crippen LogP contribution in [0.4, 0.5) is 4.39 Å². The van der Waals surface area contributed by atoms with E-state index in [9.17, 15) is 14.3 Å². The summed E-state index contributed by atoms with van der Waals surface area (Å²) in [6, 6.07) is 5.77. The van der Waals surface area contributed by atoms with Gasteiger partial charge in [-0.25, -0.2) is 4.39 Å². The zero-order valence-corrected chi connectivity index (χ0v) is 10.7. The molecule has 2 atom stereocenters. The van der Waals surface area contributed by atoms with Crippen molar-refractivity contribution in [3.8, 4) is 0 Å². The summed E-state index contributed by atoms with van der Waals surface area (Å²) < 4.78 is 13.0. The third-order valence-electron chi connectivity index (χ3n) is 3.54. The minimum absolute atomic E-state index is 0.190. The first-order valence-corrected chi connectivity index (χ1v) is 6.38. The molecule has 1 aliphatic rings. The summed E-state index contributed by atoms with van der Waals surface area (Å²) in [5, 5.41) is 16.2. The lowest BCUT2D eigenvalue weighted by molar-refractivity contribution is 0.0716. The summed E-state index contributed by atoms with van der Waals surface area (Å²) in [4.78, 5) is 14.0. The number of hydrogen-bond donors (Lipinski definition) is 2. The third-order valence-corrected chi connectivity index (χ3v) is 3.54. The maximum atomic E-state index is 13.0. The number of rotatable bonds is 2. The second-order valence-electron chi connectivity index (χ2n) is 4.90. The fraction of sp³-hybridized carbons (Fsp3) is 0.286. The number of H-pyrrole nitrogens is 1. The zero-order valence-electron chi connectivity index (χ0n) is 10.7. The van der Waals surface area contributed by atoms with Gasteiger partial charge in [0.05, 0.1) is 23.9 Å². The number of carbonyl (C=O) groups is 1. The predicted molar refractivity (Wildman–Crippen MR) is 69.4 cm³/mol. The first kappa shape index (κ1) is 12.8. The number of likely N-dealkylation sites (tertiary alicyclic amines) is 1. The van der Waals surface area contributed by atoms with Crippen molar-refractivity contribution in [1.29, 1.82) is 0 Å². The lowest BCUT2D eigenvalue weighted by atomic mass is 10.0. The van der Waals surface area contributed by atoms with E-state index in [0.717, 1.165) is 5.56 Å². The van der Waals surface area contributed by atoms with E-state index in [1.54, 1.807) is 17.0 Å². The first-order valence-electron chi connectivity index (χ1n) is 6.38. The Labute approximate surface area is 115 Å². The molecule has 1 aromatic heterocycles. The van der Waals surface area contributed by atoms with Gasteiger partial charge in [-0.15, -0.1) is 0 Å². The van der Waals surface area contributed by atoms with Crippen molar-refractivity contribution in [2.75, 3.05) is 6.54 Å². The molecule has 6 heteroatoms. The molecule has 104 valence electrons. The van der Waals surface area contributed by atoms with Crippen molar-refractivity contribution in [3.63, 3.8) is 0 Å². The molecule has 1 aromatic carbocycles. The van der Waals surface area contributed by atoms with Gasteiger partial charge in [0.1, 0.15) is 5.82 Å². The van der Waals surface area contributed by atoms with Gasteiger partial charge in [-0.05, 0) is 24.1 Å². The summed E-state index contributed by atoms with van der Waals surface area (Å²) in [5.74, 6) is -0.510. The van der Waals surface area contributed by atoms with E-state index in [2.05, 4.69) is 10.2 Å². The van der Waals surface area contributed by atoms with Crippen molar-refractivity contribution in [1.82, 2.24) is 15.1 Å². The standard InChI is InChI=1S/C14H14FN3O2/c15-11-3-1-9(2-4-11)13-5-12(19)8-18(13)14(20)10-6-16-17-7-10/h1-4,6-7,12-13,19H,5,8H2,(H,16,17)/t12-,13+/m0/s1. The fourth-order valence-corrected chi connectivity index (χ4v) is 2.57. The average Bonchev–Trinajstić information content (AvgIpc) is 3.08. The molecule has 0 unspecified atom stereocenters. The van der Waals surface area contributed by atoms with Gasteiger partial charge in [-0.1, -0.05) is 12.1 Å². The Kier molecular flexibility index (Phi) is 3.23. The highest BCUT2D eigenvalue weighted by atomic mass is 19.1. The van der Waals surface area contributed by atoms with E-state index in [1.807, 2.05) is 0 Å². The Morgan fingerprint density at radius 3 is 2.80 bits per heavy atom. The van der Waals surface area contributed by atoms with Crippen LogP contribution in [0.5, 0.6) is 0 Å². The summed E-state index contributed by atoms with van der Waals surface area (Å²) in [6.07, 6.45) is 2.86. The molecule has 20 heavy (non-hydrogen) atoms. The van der Waals surface area contributed by atoms with Gasteiger partial charge in [-0.2, -0.15) is 5.10 Å². The molecule has 1 amide bonds. The molecule has 3 rings (SSSR count). The van der Waals surface area contributed by atoms with E-state index in [-0.39, 0.29) is 24.3 Å². The van der Waals surface area contributed by atoms with E-state index in [4.69, 9.17) is 0 Å². The van der Waals surface area contributed by atoms with Crippen molar-refractivity contribution >= 4 is 5.91 Å². The van der Waals surface area contributed by atoms with Gasteiger partial charge in [0, 0.05) is 12.7 Å². The van der Waals surface area contributed by atoms with Gasteiger partial charge in [0.15, 0.2) is 0 Å². The topological polar surface area (TPSA) is 69.2 Å². The van der Waals surface area contributed by atoms with Crippen molar-refractivity contribution in [2.45, 2.75) is 18.6 Å². The Hall–Kier alpha value is -2.21. The Morgan fingerprint density at radius 2 is 2.15 bits per heavy atom. The van der Waals surface area contributed by atoms with Crippen LogP contribution in [0.25, 0.3) is 0 Å². The molecule has 2 heterocycles. The number of aromatic nitrogens is 2. The number of carbonyl (C=O) groups excluding carboxylic acids is 1. The van der Waals surface area contributed by atoms with Gasteiger partial charge < -0.3 is 10.0 Å². The third kappa shape index (κ3) is 2.30. The summed E-state index contributed by atoms with van der Waals surface area (Å²) in [5.41, 5.74) is 1.27. The normalized spacial score (nSPS) is 22.2. The van der Waals surface area contributed by atoms with Crippen LogP contribution in [-0.2, 0) is 0 Å². The Morgan fingerprint density at radius 1 is 1.40 bits per heavy atom. The monoisotopic (exact) mass is 275 g/mol. The van der Waals surface area contributed by atoms with E-state index in [0.29, 0.717) is 12.0 Å². The number of aliphatic hydroxyl groups excluding tert-OH is 1. The molecule has 1 aliphatic heterocycles. The number of β-amino-alcohol motifs (C(OH)–C–C–N with tert-alkyl or cyclic N) is 1. The second-order valence-corrected chi connectivity index (χ2v) is 4.90. The van der Waals surface area contributed by atoms with Crippen LogP contribution < -0.4 is 0 Å². The maximum absolute atomic E-state index is 13.0. The predicted octanol–water partition coefficient (Wildman–Crippen LogP) is 1.50. The molecule has 0 radical (unpaired) electrons. The van der Waals surface area contributed by atoms with Gasteiger partial charge in [-0.3, -0.25) is 9.89 Å². The molecule has 2 N–H and O–H groups in total. The van der Waals surface area contributed by atoms with Crippen LogP contribution >= 0.6 is 0 Å². The van der Waals surface area contributed by atoms with E-state index >= 15 is 0 Å². The van der Waals surface area contributed by atoms with Crippen LogP contribution in [0.3, 0.4) is 0 Å². The molecular weight excluding hydrogens is 261 g/mol. The molecule has 2 aromatic rings. The quantitative estimate of drug-likeness (QED) is 0.872. The first-order chi connectivity index (χ1) is 9.65. The van der Waals surface area contributed by atoms with Crippen LogP contribution in [0.2, 0.25) is 0 Å². The number of nitrogens with one attached hydrogen (secondary N) is 1. The highest BCUT2D eigenvalue weighted by Gasteiger charge is 2.35. The second kappa shape index (κ2) is 5.05. The van der Waals surface area contributed by atoms with Crippen LogP contribution in [0, 0.1) is 5.82 Å². The van der Waals surface area contributed by atoms with Gasteiger partial charge in [0.2, 0.25) is 0 Å². The molecule has 0 saturated carbocycles. The zero-order chi connectivity index (χ0) is 14.1. The highest BCUT2D eigenvalue weighted by molar-refractivity contribution is 5.94. The van der Waals surface area contributed by atoms with Crippen molar-refractivity contribution in [3.05, 3.63) is 53.6 Å². The average molecular weight is 275 g/mol. The number of amides is 1. The summed E-state index contributed by atoms with van der Waals surface area (Å²) in [6.45, 7) is 0.270. The van der Waals surface area contributed by atoms with Crippen LogP contribution in [-0.4, -0.2) is 38.8 Å². The van der Waals surface area contributed by atoms with Crippen LogP contribution in [0.15, 0.2) is 36.7 Å². The number of aromatic amines is 1. The SMILES string of the molecule is O=C(c1cn[nH]c1)N1C[C@@H](O)C[C@@H]1c1ccc(F)cc1. The van der Waals surface area contributed by atoms with Gasteiger partial charge in [0.25, 0.3) is 5.91 Å². The Balaban J connectivity index is 1.89. The number of nitrogens with zero attached hydrogens (tertiary/aromatic N) is 2. The molecule has 0 spiro atoms. The van der Waals surface area contributed by atoms with Gasteiger partial charge >= 0.3 is 0 Å². The minimum Gasteiger partial charge on any atom is -0.391 e. The molecular formula is C14H14FN3O2. The van der Waals surface area contributed by atoms with E-state index in [1.165, 1.54) is 24.5 Å². The fourth-order valence-electron chi connectivity index (χ4n) is 2.57. The lowest BCUT2D eigenvalue weighted by Crippen LogP contribution is -2.31. The van der Waals surface area contributed by atoms with Crippen LogP contribution in [0.1, 0.15) is 28.4 Å². The van der Waals surface area contributed by atoms with Crippen molar-refractivity contribution in [2.24, 2.45) is 0 Å². The van der Waals surface area contributed by atoms with Crippen molar-refractivity contribution < 1.29 is 14.3 Å². The summed E-state index contributed by atoms with van der Waals surface area (Å²) >= 11 is 0. The number of benzene rings is 1. The smallest absolute Gasteiger partial charge is 0.257 e. The minimum atomic E-state index is -0.569. The largest absolute Gasteiger partial charge is 0.391 e. The lowest BCUT2D eigenvalue weighted by Gasteiger charge is -2.24.